The van der Waals surface area contributed by atoms with E-state index >= 15 is 0 Å². The molecule has 0 bridgehead atoms. The number of hydrogen-bond donors (Lipinski definition) is 0. The summed E-state index contributed by atoms with van der Waals surface area (Å²) >= 11 is 1.67. The Balaban J connectivity index is 1.91. The van der Waals surface area contributed by atoms with Crippen LogP contribution in [0.2, 0.25) is 0 Å². The summed E-state index contributed by atoms with van der Waals surface area (Å²) in [6.07, 6.45) is 1.78. The van der Waals surface area contributed by atoms with E-state index in [0.29, 0.717) is 0 Å². The summed E-state index contributed by atoms with van der Waals surface area (Å²) in [6.45, 7) is 0. The van der Waals surface area contributed by atoms with E-state index < -0.39 is 0 Å². The molecule has 23 heavy (non-hydrogen) atoms. The maximum atomic E-state index is 6.12. The van der Waals surface area contributed by atoms with Crippen LogP contribution >= 0.6 is 11.3 Å². The van der Waals surface area contributed by atoms with Crippen molar-refractivity contribution in [1.82, 2.24) is 4.98 Å². The normalized spacial score (nSPS) is 10.6. The Labute approximate surface area is 138 Å². The first-order valence-corrected chi connectivity index (χ1v) is 8.27. The Morgan fingerprint density at radius 3 is 2.30 bits per heavy atom. The third-order valence-corrected chi connectivity index (χ3v) is 4.47. The summed E-state index contributed by atoms with van der Waals surface area (Å²) < 4.78 is 6.12. The van der Waals surface area contributed by atoms with Crippen LogP contribution in [0.3, 0.4) is 0 Å². The van der Waals surface area contributed by atoms with Crippen molar-refractivity contribution in [2.75, 3.05) is 0 Å². The smallest absolute Gasteiger partial charge is 0.247 e. The van der Waals surface area contributed by atoms with Crippen molar-refractivity contribution in [3.8, 4) is 33.2 Å². The molecule has 0 radical (unpaired) electrons. The minimum atomic E-state index is 0.773. The summed E-state index contributed by atoms with van der Waals surface area (Å²) in [5.74, 6) is 1.64. The zero-order chi connectivity index (χ0) is 15.5. The third kappa shape index (κ3) is 2.91. The molecule has 110 valence electrons. The van der Waals surface area contributed by atoms with Gasteiger partial charge in [-0.25, -0.2) is 9.40 Å². The number of aromatic nitrogens is 1. The summed E-state index contributed by atoms with van der Waals surface area (Å²) in [5, 5.41) is 2.06. The predicted molar refractivity (Wildman–Crippen MR) is 95.1 cm³/mol. The first-order chi connectivity index (χ1) is 11.4. The first kappa shape index (κ1) is 13.9. The van der Waals surface area contributed by atoms with Gasteiger partial charge in [0.25, 0.3) is 0 Å². The number of benzene rings is 1. The van der Waals surface area contributed by atoms with E-state index in [-0.39, 0.29) is 0 Å². The summed E-state index contributed by atoms with van der Waals surface area (Å²) in [7, 11) is 0. The minimum Gasteiger partial charge on any atom is -0.247 e. The first-order valence-electron chi connectivity index (χ1n) is 7.39. The molecule has 4 rings (SSSR count). The van der Waals surface area contributed by atoms with Crippen molar-refractivity contribution in [3.05, 3.63) is 84.4 Å². The molecular weight excluding hydrogens is 302 g/mol. The van der Waals surface area contributed by atoms with Crippen LogP contribution in [0.15, 0.2) is 88.8 Å². The molecule has 1 aromatic carbocycles. The van der Waals surface area contributed by atoms with Gasteiger partial charge in [0.2, 0.25) is 0 Å². The van der Waals surface area contributed by atoms with Crippen molar-refractivity contribution >= 4 is 11.3 Å². The number of hydrogen-bond acceptors (Lipinski definition) is 2. The standard InChI is InChI=1S/C20H14NOS/c1-2-7-15(8-3-1)16-13-18(17-9-4-5-11-21-17)22-19(14-16)20-10-6-12-23-20/h1-14H/q+1. The summed E-state index contributed by atoms with van der Waals surface area (Å²) in [4.78, 5) is 5.53. The molecule has 0 saturated carbocycles. The largest absolute Gasteiger partial charge is 0.379 e. The molecule has 0 aliphatic carbocycles. The van der Waals surface area contributed by atoms with Gasteiger partial charge >= 0.3 is 11.5 Å². The van der Waals surface area contributed by atoms with Crippen molar-refractivity contribution < 1.29 is 4.42 Å². The average Bonchev–Trinajstić information content (AvgIpc) is 3.18. The monoisotopic (exact) mass is 316 g/mol. The second-order valence-corrected chi connectivity index (χ2v) is 6.08. The highest BCUT2D eigenvalue weighted by Gasteiger charge is 2.21. The van der Waals surface area contributed by atoms with Crippen LogP contribution in [0.1, 0.15) is 0 Å². The second-order valence-electron chi connectivity index (χ2n) is 5.13. The molecule has 3 aromatic heterocycles. The molecule has 0 atom stereocenters. The van der Waals surface area contributed by atoms with Crippen LogP contribution in [0.25, 0.3) is 33.2 Å². The Morgan fingerprint density at radius 2 is 1.57 bits per heavy atom. The SMILES string of the molecule is c1ccc(-c2cc(-c3ccccn3)[o+]c(-c3cccs3)c2)cc1. The van der Waals surface area contributed by atoms with Gasteiger partial charge < -0.3 is 0 Å². The second kappa shape index (κ2) is 6.15. The summed E-state index contributed by atoms with van der Waals surface area (Å²) in [5.41, 5.74) is 3.13. The van der Waals surface area contributed by atoms with Crippen LogP contribution < -0.4 is 0 Å². The van der Waals surface area contributed by atoms with Crippen molar-refractivity contribution in [2.45, 2.75) is 0 Å². The van der Waals surface area contributed by atoms with Gasteiger partial charge in [-0.3, -0.25) is 0 Å². The zero-order valence-corrected chi connectivity index (χ0v) is 13.2. The van der Waals surface area contributed by atoms with Crippen molar-refractivity contribution in [3.63, 3.8) is 0 Å². The van der Waals surface area contributed by atoms with Gasteiger partial charge in [0.05, 0.1) is 12.1 Å². The van der Waals surface area contributed by atoms with E-state index in [1.54, 1.807) is 17.5 Å². The number of nitrogens with zero attached hydrogens (tertiary/aromatic N) is 1. The van der Waals surface area contributed by atoms with E-state index in [9.17, 15) is 0 Å². The van der Waals surface area contributed by atoms with Gasteiger partial charge in [-0.1, -0.05) is 42.5 Å². The lowest BCUT2D eigenvalue weighted by Gasteiger charge is -2.00. The Hall–Kier alpha value is -2.78. The van der Waals surface area contributed by atoms with Gasteiger partial charge in [0, 0.05) is 11.8 Å². The fraction of sp³-hybridized carbons (Fsp3) is 0. The van der Waals surface area contributed by atoms with Crippen molar-refractivity contribution in [1.29, 1.82) is 0 Å². The van der Waals surface area contributed by atoms with Gasteiger partial charge in [-0.15, -0.1) is 11.3 Å². The topological polar surface area (TPSA) is 24.2 Å². The van der Waals surface area contributed by atoms with E-state index in [2.05, 4.69) is 40.7 Å². The molecule has 0 saturated heterocycles. The van der Waals surface area contributed by atoms with E-state index in [1.165, 1.54) is 5.56 Å². The number of thiophene rings is 1. The fourth-order valence-electron chi connectivity index (χ4n) is 2.47. The molecule has 3 heterocycles. The highest BCUT2D eigenvalue weighted by Crippen LogP contribution is 2.33. The van der Waals surface area contributed by atoms with Crippen LogP contribution in [0, 0.1) is 0 Å². The van der Waals surface area contributed by atoms with Gasteiger partial charge in [-0.05, 0) is 29.1 Å². The molecule has 4 aromatic rings. The zero-order valence-electron chi connectivity index (χ0n) is 12.3. The van der Waals surface area contributed by atoms with Gasteiger partial charge in [0.15, 0.2) is 5.69 Å². The van der Waals surface area contributed by atoms with Gasteiger partial charge in [0.1, 0.15) is 4.88 Å². The highest BCUT2D eigenvalue weighted by atomic mass is 32.1. The Kier molecular flexibility index (Phi) is 3.70. The predicted octanol–water partition coefficient (Wildman–Crippen LogP) is 6.02. The lowest BCUT2D eigenvalue weighted by Crippen LogP contribution is -1.86. The third-order valence-electron chi connectivity index (χ3n) is 3.58. The molecule has 0 aliphatic heterocycles. The maximum absolute atomic E-state index is 6.12. The maximum Gasteiger partial charge on any atom is 0.379 e. The van der Waals surface area contributed by atoms with E-state index in [0.717, 1.165) is 27.7 Å². The van der Waals surface area contributed by atoms with Crippen LogP contribution in [-0.4, -0.2) is 4.98 Å². The van der Waals surface area contributed by atoms with E-state index in [4.69, 9.17) is 4.42 Å². The average molecular weight is 316 g/mol. The van der Waals surface area contributed by atoms with Crippen LogP contribution in [-0.2, 0) is 0 Å². The molecule has 0 spiro atoms. The number of rotatable bonds is 3. The molecule has 0 fully saturated rings. The fourth-order valence-corrected chi connectivity index (χ4v) is 3.15. The highest BCUT2D eigenvalue weighted by molar-refractivity contribution is 7.13. The summed E-state index contributed by atoms with van der Waals surface area (Å²) in [6, 6.07) is 24.4. The molecular formula is C20H14NOS+. The lowest BCUT2D eigenvalue weighted by molar-refractivity contribution is 0.581. The Morgan fingerprint density at radius 1 is 0.739 bits per heavy atom. The molecule has 0 aliphatic rings. The van der Waals surface area contributed by atoms with Crippen molar-refractivity contribution in [2.24, 2.45) is 0 Å². The minimum absolute atomic E-state index is 0.773. The molecule has 2 nitrogen and oxygen atoms in total. The lowest BCUT2D eigenvalue weighted by atomic mass is 10.0. The Bertz CT molecular complexity index is 845. The molecule has 0 unspecified atom stereocenters. The number of pyridine rings is 1. The van der Waals surface area contributed by atoms with Crippen LogP contribution in [0.5, 0.6) is 0 Å². The van der Waals surface area contributed by atoms with Crippen LogP contribution in [0.4, 0.5) is 0 Å². The molecule has 3 heteroatoms. The quantitative estimate of drug-likeness (QED) is 0.432. The van der Waals surface area contributed by atoms with E-state index in [1.807, 2.05) is 42.5 Å². The molecule has 0 amide bonds. The molecule has 0 N–H and O–H groups in total. The van der Waals surface area contributed by atoms with Gasteiger partial charge in [-0.2, -0.15) is 0 Å².